The Kier molecular flexibility index (Phi) is 6.15. The summed E-state index contributed by atoms with van der Waals surface area (Å²) in [4.78, 5) is 4.75. The minimum absolute atomic E-state index is 0.0224. The van der Waals surface area contributed by atoms with Crippen molar-refractivity contribution in [3.63, 3.8) is 0 Å². The molecular formula is C21H33N3O3. The number of aliphatic imine (C=N–C) groups is 1. The maximum absolute atomic E-state index is 5.96. The zero-order valence-corrected chi connectivity index (χ0v) is 17.1. The standard InChI is InChI=1S/C21H33N3O3/c1-6-22-20(24-18-17-11-12-26-19(17)21(18,3)4)23-13-14(2)27-16-9-7-15(25-5)8-10-16/h7-10,14,17-19H,6,11-13H2,1-5H3,(H2,22,23,24). The van der Waals surface area contributed by atoms with E-state index in [1.807, 2.05) is 31.2 Å². The van der Waals surface area contributed by atoms with E-state index < -0.39 is 0 Å². The molecular weight excluding hydrogens is 342 g/mol. The largest absolute Gasteiger partial charge is 0.497 e. The Balaban J connectivity index is 1.56. The number of nitrogens with one attached hydrogen (secondary N) is 2. The van der Waals surface area contributed by atoms with Gasteiger partial charge < -0.3 is 24.8 Å². The first-order valence-electron chi connectivity index (χ1n) is 9.92. The van der Waals surface area contributed by atoms with Gasteiger partial charge in [0.25, 0.3) is 0 Å². The first-order chi connectivity index (χ1) is 13.0. The van der Waals surface area contributed by atoms with Crippen LogP contribution >= 0.6 is 0 Å². The zero-order chi connectivity index (χ0) is 19.4. The summed E-state index contributed by atoms with van der Waals surface area (Å²) in [6.07, 6.45) is 1.48. The van der Waals surface area contributed by atoms with Crippen LogP contribution < -0.4 is 20.1 Å². The number of hydrogen-bond acceptors (Lipinski definition) is 4. The summed E-state index contributed by atoms with van der Waals surface area (Å²) < 4.78 is 17.0. The van der Waals surface area contributed by atoms with Gasteiger partial charge in [0.15, 0.2) is 5.96 Å². The second-order valence-electron chi connectivity index (χ2n) is 8.01. The molecule has 4 atom stereocenters. The Hall–Kier alpha value is -1.95. The molecule has 1 aliphatic heterocycles. The SMILES string of the molecule is CCNC(=NCC(C)Oc1ccc(OC)cc1)NC1C2CCOC2C1(C)C. The molecule has 27 heavy (non-hydrogen) atoms. The van der Waals surface area contributed by atoms with Crippen molar-refractivity contribution in [2.45, 2.75) is 52.4 Å². The van der Waals surface area contributed by atoms with Crippen LogP contribution in [-0.4, -0.2) is 51.0 Å². The third-order valence-electron chi connectivity index (χ3n) is 5.64. The first kappa shape index (κ1) is 19.8. The van der Waals surface area contributed by atoms with Crippen molar-refractivity contribution in [1.82, 2.24) is 10.6 Å². The van der Waals surface area contributed by atoms with Crippen molar-refractivity contribution < 1.29 is 14.2 Å². The maximum atomic E-state index is 5.96. The molecule has 1 saturated carbocycles. The number of methoxy groups -OCH3 is 1. The van der Waals surface area contributed by atoms with E-state index in [1.54, 1.807) is 7.11 Å². The number of nitrogens with zero attached hydrogens (tertiary/aromatic N) is 1. The molecule has 2 N–H and O–H groups in total. The summed E-state index contributed by atoms with van der Waals surface area (Å²) in [6.45, 7) is 11.0. The molecule has 4 unspecified atom stereocenters. The Morgan fingerprint density at radius 1 is 1.30 bits per heavy atom. The maximum Gasteiger partial charge on any atom is 0.191 e. The van der Waals surface area contributed by atoms with Crippen molar-refractivity contribution in [1.29, 1.82) is 0 Å². The lowest BCUT2D eigenvalue weighted by molar-refractivity contribution is -0.106. The van der Waals surface area contributed by atoms with Gasteiger partial charge in [-0.2, -0.15) is 0 Å². The highest BCUT2D eigenvalue weighted by molar-refractivity contribution is 5.80. The molecule has 3 rings (SSSR count). The molecule has 2 fully saturated rings. The Morgan fingerprint density at radius 3 is 2.67 bits per heavy atom. The molecule has 1 heterocycles. The first-order valence-corrected chi connectivity index (χ1v) is 9.92. The van der Waals surface area contributed by atoms with E-state index in [2.05, 4.69) is 31.4 Å². The van der Waals surface area contributed by atoms with Crippen LogP contribution in [0.5, 0.6) is 11.5 Å². The highest BCUT2D eigenvalue weighted by Gasteiger charge is 2.59. The number of rotatable bonds is 7. The summed E-state index contributed by atoms with van der Waals surface area (Å²) in [7, 11) is 1.66. The molecule has 1 aromatic rings. The summed E-state index contributed by atoms with van der Waals surface area (Å²) in [5.41, 5.74) is 0.128. The minimum atomic E-state index is -0.0224. The molecule has 1 saturated heterocycles. The number of hydrogen-bond donors (Lipinski definition) is 2. The number of ether oxygens (including phenoxy) is 3. The van der Waals surface area contributed by atoms with Crippen molar-refractivity contribution >= 4 is 5.96 Å². The van der Waals surface area contributed by atoms with Crippen LogP contribution in [0.3, 0.4) is 0 Å². The summed E-state index contributed by atoms with van der Waals surface area (Å²) >= 11 is 0. The van der Waals surface area contributed by atoms with Gasteiger partial charge in [-0.05, 0) is 44.5 Å². The van der Waals surface area contributed by atoms with Crippen LogP contribution in [-0.2, 0) is 4.74 Å². The van der Waals surface area contributed by atoms with Gasteiger partial charge >= 0.3 is 0 Å². The molecule has 0 bridgehead atoms. The fourth-order valence-electron chi connectivity index (χ4n) is 4.23. The number of fused-ring (bicyclic) bond motifs is 1. The predicted octanol–water partition coefficient (Wildman–Crippen LogP) is 2.83. The van der Waals surface area contributed by atoms with Crippen LogP contribution in [0.15, 0.2) is 29.3 Å². The molecule has 2 aliphatic rings. The third-order valence-corrected chi connectivity index (χ3v) is 5.64. The van der Waals surface area contributed by atoms with Gasteiger partial charge in [0.05, 0.1) is 19.8 Å². The Bertz CT molecular complexity index is 645. The fourth-order valence-corrected chi connectivity index (χ4v) is 4.23. The van der Waals surface area contributed by atoms with E-state index in [4.69, 9.17) is 19.2 Å². The summed E-state index contributed by atoms with van der Waals surface area (Å²) in [5.74, 6) is 3.08. The second kappa shape index (κ2) is 8.38. The lowest BCUT2D eigenvalue weighted by atomic mass is 9.57. The molecule has 0 spiro atoms. The smallest absolute Gasteiger partial charge is 0.191 e. The molecule has 0 amide bonds. The van der Waals surface area contributed by atoms with Gasteiger partial charge in [-0.25, -0.2) is 4.99 Å². The van der Waals surface area contributed by atoms with Crippen LogP contribution in [0, 0.1) is 11.3 Å². The Morgan fingerprint density at radius 2 is 2.00 bits per heavy atom. The van der Waals surface area contributed by atoms with Gasteiger partial charge in [0.1, 0.15) is 17.6 Å². The van der Waals surface area contributed by atoms with Gasteiger partial charge in [0, 0.05) is 30.5 Å². The van der Waals surface area contributed by atoms with E-state index in [1.165, 1.54) is 0 Å². The topological polar surface area (TPSA) is 64.1 Å². The third kappa shape index (κ3) is 4.32. The predicted molar refractivity (Wildman–Crippen MR) is 108 cm³/mol. The quantitative estimate of drug-likeness (QED) is 0.567. The average molecular weight is 376 g/mol. The molecule has 150 valence electrons. The molecule has 1 aromatic carbocycles. The molecule has 6 heteroatoms. The van der Waals surface area contributed by atoms with E-state index >= 15 is 0 Å². The zero-order valence-electron chi connectivity index (χ0n) is 17.1. The molecule has 0 radical (unpaired) electrons. The molecule has 1 aliphatic carbocycles. The normalized spacial score (nSPS) is 27.3. The van der Waals surface area contributed by atoms with Crippen LogP contribution in [0.1, 0.15) is 34.1 Å². The molecule has 6 nitrogen and oxygen atoms in total. The molecule has 0 aromatic heterocycles. The van der Waals surface area contributed by atoms with Crippen LogP contribution in [0.4, 0.5) is 0 Å². The van der Waals surface area contributed by atoms with E-state index in [-0.39, 0.29) is 11.5 Å². The lowest BCUT2D eigenvalue weighted by Gasteiger charge is -2.54. The lowest BCUT2D eigenvalue weighted by Crippen LogP contribution is -2.68. The van der Waals surface area contributed by atoms with Crippen LogP contribution in [0.25, 0.3) is 0 Å². The van der Waals surface area contributed by atoms with Crippen molar-refractivity contribution in [3.8, 4) is 11.5 Å². The highest BCUT2D eigenvalue weighted by Crippen LogP contribution is 2.52. The Labute approximate surface area is 162 Å². The number of benzene rings is 1. The van der Waals surface area contributed by atoms with Gasteiger partial charge in [0.2, 0.25) is 0 Å². The highest BCUT2D eigenvalue weighted by atomic mass is 16.5. The van der Waals surface area contributed by atoms with Crippen LogP contribution in [0.2, 0.25) is 0 Å². The minimum Gasteiger partial charge on any atom is -0.497 e. The van der Waals surface area contributed by atoms with Gasteiger partial charge in [-0.3, -0.25) is 0 Å². The monoisotopic (exact) mass is 375 g/mol. The van der Waals surface area contributed by atoms with E-state index in [9.17, 15) is 0 Å². The van der Waals surface area contributed by atoms with E-state index in [0.717, 1.165) is 37.0 Å². The van der Waals surface area contributed by atoms with Crippen molar-refractivity contribution in [3.05, 3.63) is 24.3 Å². The van der Waals surface area contributed by atoms with Gasteiger partial charge in [-0.1, -0.05) is 13.8 Å². The van der Waals surface area contributed by atoms with E-state index in [0.29, 0.717) is 24.6 Å². The average Bonchev–Trinajstić information content (AvgIpc) is 3.11. The second-order valence-corrected chi connectivity index (χ2v) is 8.01. The van der Waals surface area contributed by atoms with Crippen molar-refractivity contribution in [2.75, 3.05) is 26.8 Å². The fraction of sp³-hybridized carbons (Fsp3) is 0.667. The van der Waals surface area contributed by atoms with Gasteiger partial charge in [-0.15, -0.1) is 0 Å². The van der Waals surface area contributed by atoms with Crippen molar-refractivity contribution in [2.24, 2.45) is 16.3 Å². The number of guanidine groups is 1. The summed E-state index contributed by atoms with van der Waals surface area (Å²) in [6, 6.07) is 8.02. The summed E-state index contributed by atoms with van der Waals surface area (Å²) in [5, 5.41) is 7.00.